The highest BCUT2D eigenvalue weighted by Crippen LogP contribution is 2.29. The van der Waals surface area contributed by atoms with Crippen LogP contribution in [-0.2, 0) is 6.54 Å². The smallest absolute Gasteiger partial charge is 0.119 e. The summed E-state index contributed by atoms with van der Waals surface area (Å²) >= 11 is 3.49. The van der Waals surface area contributed by atoms with E-state index < -0.39 is 0 Å². The number of methoxy groups -OCH3 is 1. The van der Waals surface area contributed by atoms with Crippen molar-refractivity contribution in [2.75, 3.05) is 7.11 Å². The number of hydrogen-bond acceptors (Lipinski definition) is 2. The van der Waals surface area contributed by atoms with Crippen LogP contribution in [0.2, 0.25) is 0 Å². The molecule has 0 bridgehead atoms. The fourth-order valence-electron chi connectivity index (χ4n) is 2.30. The van der Waals surface area contributed by atoms with Gasteiger partial charge < -0.3 is 10.1 Å². The standard InChI is InChI=1S/C17H18BrNO/c1-20-16-8-9-17(12-2-4-14(18)5-3-12)13(10-16)11-19-15-6-7-15/h2-5,8-10,15,19H,6-7,11H2,1H3. The number of rotatable bonds is 5. The zero-order valence-electron chi connectivity index (χ0n) is 11.5. The van der Waals surface area contributed by atoms with Crippen molar-refractivity contribution in [1.29, 1.82) is 0 Å². The topological polar surface area (TPSA) is 21.3 Å². The lowest BCUT2D eigenvalue weighted by molar-refractivity contribution is 0.414. The summed E-state index contributed by atoms with van der Waals surface area (Å²) in [4.78, 5) is 0. The SMILES string of the molecule is COc1ccc(-c2ccc(Br)cc2)c(CNC2CC2)c1. The average Bonchev–Trinajstić information content (AvgIpc) is 3.30. The van der Waals surface area contributed by atoms with Crippen molar-refractivity contribution in [3.8, 4) is 16.9 Å². The van der Waals surface area contributed by atoms with E-state index in [0.29, 0.717) is 6.04 Å². The maximum Gasteiger partial charge on any atom is 0.119 e. The lowest BCUT2D eigenvalue weighted by Gasteiger charge is -2.13. The molecule has 0 unspecified atom stereocenters. The minimum atomic E-state index is 0.707. The van der Waals surface area contributed by atoms with Crippen LogP contribution in [0.5, 0.6) is 5.75 Å². The van der Waals surface area contributed by atoms with Gasteiger partial charge in [-0.2, -0.15) is 0 Å². The van der Waals surface area contributed by atoms with Crippen LogP contribution in [0.4, 0.5) is 0 Å². The second-order valence-corrected chi connectivity index (χ2v) is 6.10. The van der Waals surface area contributed by atoms with Crippen LogP contribution in [0.25, 0.3) is 11.1 Å². The first-order valence-corrected chi connectivity index (χ1v) is 7.72. The molecule has 0 aliphatic heterocycles. The van der Waals surface area contributed by atoms with Crippen LogP contribution < -0.4 is 10.1 Å². The van der Waals surface area contributed by atoms with Crippen LogP contribution in [0, 0.1) is 0 Å². The van der Waals surface area contributed by atoms with E-state index in [1.54, 1.807) is 7.11 Å². The highest BCUT2D eigenvalue weighted by molar-refractivity contribution is 9.10. The minimum Gasteiger partial charge on any atom is -0.497 e. The van der Waals surface area contributed by atoms with Gasteiger partial charge in [-0.05, 0) is 53.8 Å². The Kier molecular flexibility index (Phi) is 4.08. The molecule has 1 aliphatic rings. The molecule has 1 N–H and O–H groups in total. The first-order chi connectivity index (χ1) is 9.76. The molecule has 104 valence electrons. The maximum absolute atomic E-state index is 5.35. The van der Waals surface area contributed by atoms with Crippen LogP contribution >= 0.6 is 15.9 Å². The van der Waals surface area contributed by atoms with Gasteiger partial charge in [-0.1, -0.05) is 34.1 Å². The quantitative estimate of drug-likeness (QED) is 0.877. The van der Waals surface area contributed by atoms with E-state index in [1.807, 2.05) is 6.07 Å². The van der Waals surface area contributed by atoms with Gasteiger partial charge in [0.15, 0.2) is 0 Å². The summed E-state index contributed by atoms with van der Waals surface area (Å²) in [6.07, 6.45) is 2.61. The Morgan fingerprint density at radius 3 is 2.55 bits per heavy atom. The van der Waals surface area contributed by atoms with Gasteiger partial charge in [-0.25, -0.2) is 0 Å². The number of halogens is 1. The Morgan fingerprint density at radius 2 is 1.90 bits per heavy atom. The van der Waals surface area contributed by atoms with E-state index in [4.69, 9.17) is 4.74 Å². The Labute approximate surface area is 128 Å². The maximum atomic E-state index is 5.35. The molecule has 20 heavy (non-hydrogen) atoms. The molecule has 0 atom stereocenters. The molecule has 0 radical (unpaired) electrons. The molecule has 0 heterocycles. The van der Waals surface area contributed by atoms with E-state index in [2.05, 4.69) is 57.6 Å². The molecule has 1 saturated carbocycles. The van der Waals surface area contributed by atoms with Crippen LogP contribution in [0.15, 0.2) is 46.9 Å². The molecule has 0 aromatic heterocycles. The first-order valence-electron chi connectivity index (χ1n) is 6.92. The van der Waals surface area contributed by atoms with Crippen molar-refractivity contribution in [2.24, 2.45) is 0 Å². The van der Waals surface area contributed by atoms with Crippen molar-refractivity contribution in [2.45, 2.75) is 25.4 Å². The third-order valence-electron chi connectivity index (χ3n) is 3.63. The molecule has 1 aliphatic carbocycles. The highest BCUT2D eigenvalue weighted by Gasteiger charge is 2.20. The Bertz CT molecular complexity index is 590. The average molecular weight is 332 g/mol. The zero-order valence-corrected chi connectivity index (χ0v) is 13.1. The summed E-state index contributed by atoms with van der Waals surface area (Å²) < 4.78 is 6.46. The molecular formula is C17H18BrNO. The lowest BCUT2D eigenvalue weighted by Crippen LogP contribution is -2.16. The summed E-state index contributed by atoms with van der Waals surface area (Å²) in [5.41, 5.74) is 3.80. The van der Waals surface area contributed by atoms with Gasteiger partial charge in [0.25, 0.3) is 0 Å². The van der Waals surface area contributed by atoms with Crippen LogP contribution in [0.3, 0.4) is 0 Å². The Morgan fingerprint density at radius 1 is 1.15 bits per heavy atom. The molecule has 0 spiro atoms. The second-order valence-electron chi connectivity index (χ2n) is 5.19. The van der Waals surface area contributed by atoms with Crippen molar-refractivity contribution >= 4 is 15.9 Å². The van der Waals surface area contributed by atoms with Crippen molar-refractivity contribution in [3.05, 3.63) is 52.5 Å². The van der Waals surface area contributed by atoms with Crippen LogP contribution in [0.1, 0.15) is 18.4 Å². The molecule has 3 heteroatoms. The lowest BCUT2D eigenvalue weighted by atomic mass is 9.99. The van der Waals surface area contributed by atoms with E-state index in [9.17, 15) is 0 Å². The molecule has 0 saturated heterocycles. The monoisotopic (exact) mass is 331 g/mol. The summed E-state index contributed by atoms with van der Waals surface area (Å²) in [6, 6.07) is 15.5. The highest BCUT2D eigenvalue weighted by atomic mass is 79.9. The number of ether oxygens (including phenoxy) is 1. The predicted molar refractivity (Wildman–Crippen MR) is 86.0 cm³/mol. The van der Waals surface area contributed by atoms with Crippen molar-refractivity contribution < 1.29 is 4.74 Å². The summed E-state index contributed by atoms with van der Waals surface area (Å²) in [5, 5.41) is 3.58. The van der Waals surface area contributed by atoms with Gasteiger partial charge in [0.1, 0.15) is 5.75 Å². The Hall–Kier alpha value is -1.32. The van der Waals surface area contributed by atoms with Crippen LogP contribution in [-0.4, -0.2) is 13.2 Å². The normalized spacial score (nSPS) is 14.3. The summed E-state index contributed by atoms with van der Waals surface area (Å²) in [6.45, 7) is 0.896. The first kappa shape index (κ1) is 13.7. The Balaban J connectivity index is 1.92. The second kappa shape index (κ2) is 5.98. The van der Waals surface area contributed by atoms with Gasteiger partial charge in [0.2, 0.25) is 0 Å². The third kappa shape index (κ3) is 3.22. The minimum absolute atomic E-state index is 0.707. The molecule has 1 fully saturated rings. The molecule has 2 nitrogen and oxygen atoms in total. The third-order valence-corrected chi connectivity index (χ3v) is 4.15. The van der Waals surface area contributed by atoms with Gasteiger partial charge in [0.05, 0.1) is 7.11 Å². The van der Waals surface area contributed by atoms with Gasteiger partial charge in [-0.15, -0.1) is 0 Å². The largest absolute Gasteiger partial charge is 0.497 e. The van der Waals surface area contributed by atoms with Gasteiger partial charge in [-0.3, -0.25) is 0 Å². The molecule has 3 rings (SSSR count). The summed E-state index contributed by atoms with van der Waals surface area (Å²) in [5.74, 6) is 0.915. The zero-order chi connectivity index (χ0) is 13.9. The van der Waals surface area contributed by atoms with E-state index >= 15 is 0 Å². The van der Waals surface area contributed by atoms with Crippen molar-refractivity contribution in [1.82, 2.24) is 5.32 Å². The fraction of sp³-hybridized carbons (Fsp3) is 0.294. The molecule has 0 amide bonds. The van der Waals surface area contributed by atoms with E-state index in [0.717, 1.165) is 16.8 Å². The number of hydrogen-bond donors (Lipinski definition) is 1. The molecular weight excluding hydrogens is 314 g/mol. The van der Waals surface area contributed by atoms with Gasteiger partial charge in [0, 0.05) is 17.1 Å². The summed E-state index contributed by atoms with van der Waals surface area (Å²) in [7, 11) is 1.72. The predicted octanol–water partition coefficient (Wildman–Crippen LogP) is 4.38. The van der Waals surface area contributed by atoms with E-state index in [1.165, 1.54) is 29.5 Å². The van der Waals surface area contributed by atoms with Gasteiger partial charge >= 0.3 is 0 Å². The number of benzene rings is 2. The molecule has 2 aromatic rings. The number of nitrogens with one attached hydrogen (secondary N) is 1. The van der Waals surface area contributed by atoms with Crippen molar-refractivity contribution in [3.63, 3.8) is 0 Å². The fourth-order valence-corrected chi connectivity index (χ4v) is 2.56. The van der Waals surface area contributed by atoms with E-state index in [-0.39, 0.29) is 0 Å². The molecule has 2 aromatic carbocycles.